The largest absolute Gasteiger partial charge is 0.395 e. The highest BCUT2D eigenvalue weighted by Crippen LogP contribution is 2.05. The number of aryl methyl sites for hydroxylation is 1. The number of aliphatic hydroxyl groups excluding tert-OH is 1. The zero-order valence-corrected chi connectivity index (χ0v) is 7.12. The molecule has 0 bridgehead atoms. The van der Waals surface area contributed by atoms with Crippen molar-refractivity contribution in [1.82, 2.24) is 9.55 Å². The summed E-state index contributed by atoms with van der Waals surface area (Å²) in [4.78, 5) is 3.93. The summed E-state index contributed by atoms with van der Waals surface area (Å²) in [6.45, 7) is 0.00668. The maximum absolute atomic E-state index is 8.66. The smallest absolute Gasteiger partial charge is 0.0945 e. The second kappa shape index (κ2) is 3.74. The Hall–Kier alpha value is -0.540. The van der Waals surface area contributed by atoms with Crippen molar-refractivity contribution >= 4 is 11.6 Å². The summed E-state index contributed by atoms with van der Waals surface area (Å²) in [7, 11) is 1.91. The highest BCUT2D eigenvalue weighted by Gasteiger charge is 2.06. The lowest BCUT2D eigenvalue weighted by Crippen LogP contribution is -2.10. The van der Waals surface area contributed by atoms with Crippen molar-refractivity contribution in [3.8, 4) is 0 Å². The van der Waals surface area contributed by atoms with Gasteiger partial charge in [-0.15, -0.1) is 11.6 Å². The Balaban J connectivity index is 2.56. The number of alkyl halides is 1. The van der Waals surface area contributed by atoms with Crippen LogP contribution in [0.4, 0.5) is 0 Å². The molecule has 0 radical (unpaired) electrons. The SMILES string of the molecule is Cn1cncc1C[C@H](Cl)CO. The van der Waals surface area contributed by atoms with Crippen LogP contribution in [0.5, 0.6) is 0 Å². The third kappa shape index (κ3) is 2.20. The van der Waals surface area contributed by atoms with E-state index in [-0.39, 0.29) is 12.0 Å². The van der Waals surface area contributed by atoms with Gasteiger partial charge in [-0.05, 0) is 0 Å². The van der Waals surface area contributed by atoms with E-state index in [0.29, 0.717) is 6.42 Å². The van der Waals surface area contributed by atoms with Crippen LogP contribution in [0, 0.1) is 0 Å². The van der Waals surface area contributed by atoms with Crippen LogP contribution in [0.1, 0.15) is 5.69 Å². The number of aromatic nitrogens is 2. The molecule has 1 rings (SSSR count). The molecule has 0 amide bonds. The van der Waals surface area contributed by atoms with Gasteiger partial charge in [0, 0.05) is 25.4 Å². The van der Waals surface area contributed by atoms with Gasteiger partial charge in [0.1, 0.15) is 0 Å². The molecule has 1 heterocycles. The van der Waals surface area contributed by atoms with E-state index in [1.54, 1.807) is 12.5 Å². The summed E-state index contributed by atoms with van der Waals surface area (Å²) < 4.78 is 1.89. The molecule has 0 saturated heterocycles. The van der Waals surface area contributed by atoms with Crippen LogP contribution < -0.4 is 0 Å². The molecule has 1 atom stereocenters. The number of hydrogen-bond acceptors (Lipinski definition) is 2. The van der Waals surface area contributed by atoms with E-state index in [9.17, 15) is 0 Å². The van der Waals surface area contributed by atoms with E-state index in [0.717, 1.165) is 5.69 Å². The molecule has 0 aliphatic heterocycles. The number of hydrogen-bond donors (Lipinski definition) is 1. The summed E-state index contributed by atoms with van der Waals surface area (Å²) in [6.07, 6.45) is 4.13. The average molecular weight is 175 g/mol. The predicted molar refractivity (Wildman–Crippen MR) is 43.6 cm³/mol. The van der Waals surface area contributed by atoms with Gasteiger partial charge in [-0.25, -0.2) is 4.98 Å². The quantitative estimate of drug-likeness (QED) is 0.681. The van der Waals surface area contributed by atoms with Gasteiger partial charge in [-0.1, -0.05) is 0 Å². The first-order valence-electron chi connectivity index (χ1n) is 3.44. The molecule has 4 heteroatoms. The van der Waals surface area contributed by atoms with Crippen molar-refractivity contribution in [3.63, 3.8) is 0 Å². The Bertz CT molecular complexity index is 224. The van der Waals surface area contributed by atoms with Crippen LogP contribution in [0.25, 0.3) is 0 Å². The third-order valence-electron chi connectivity index (χ3n) is 1.55. The highest BCUT2D eigenvalue weighted by atomic mass is 35.5. The first-order chi connectivity index (χ1) is 5.24. The van der Waals surface area contributed by atoms with E-state index in [2.05, 4.69) is 4.98 Å². The van der Waals surface area contributed by atoms with Crippen LogP contribution in [-0.2, 0) is 13.5 Å². The molecular weight excluding hydrogens is 164 g/mol. The molecule has 0 saturated carbocycles. The van der Waals surface area contributed by atoms with Crippen molar-refractivity contribution in [2.75, 3.05) is 6.61 Å². The number of aliphatic hydroxyl groups is 1. The number of nitrogens with zero attached hydrogens (tertiary/aromatic N) is 2. The lowest BCUT2D eigenvalue weighted by Gasteiger charge is -2.04. The summed E-state index contributed by atoms with van der Waals surface area (Å²) >= 11 is 5.74. The molecule has 0 fully saturated rings. The Morgan fingerprint density at radius 2 is 2.55 bits per heavy atom. The first kappa shape index (κ1) is 8.56. The van der Waals surface area contributed by atoms with Gasteiger partial charge in [-0.3, -0.25) is 0 Å². The monoisotopic (exact) mass is 174 g/mol. The Morgan fingerprint density at radius 1 is 1.82 bits per heavy atom. The van der Waals surface area contributed by atoms with E-state index < -0.39 is 0 Å². The van der Waals surface area contributed by atoms with Gasteiger partial charge < -0.3 is 9.67 Å². The van der Waals surface area contributed by atoms with Crippen molar-refractivity contribution in [2.45, 2.75) is 11.8 Å². The Labute approximate surface area is 70.6 Å². The standard InChI is InChI=1S/C7H11ClN2O/c1-10-5-9-3-7(10)2-6(8)4-11/h3,5-6,11H,2,4H2,1H3/t6-/m0/s1. The number of halogens is 1. The minimum atomic E-state index is -0.203. The zero-order valence-electron chi connectivity index (χ0n) is 6.37. The molecule has 0 aliphatic carbocycles. The van der Waals surface area contributed by atoms with E-state index in [1.165, 1.54) is 0 Å². The molecule has 0 spiro atoms. The summed E-state index contributed by atoms with van der Waals surface area (Å²) in [5, 5.41) is 8.46. The normalized spacial score (nSPS) is 13.4. The Kier molecular flexibility index (Phi) is 2.91. The molecular formula is C7H11ClN2O. The van der Waals surface area contributed by atoms with Crippen molar-refractivity contribution in [2.24, 2.45) is 7.05 Å². The minimum absolute atomic E-state index is 0.00668. The van der Waals surface area contributed by atoms with Crippen molar-refractivity contribution in [1.29, 1.82) is 0 Å². The molecule has 62 valence electrons. The second-order valence-electron chi connectivity index (χ2n) is 2.48. The van der Waals surface area contributed by atoms with Gasteiger partial charge in [0.2, 0.25) is 0 Å². The maximum Gasteiger partial charge on any atom is 0.0945 e. The minimum Gasteiger partial charge on any atom is -0.395 e. The fraction of sp³-hybridized carbons (Fsp3) is 0.571. The van der Waals surface area contributed by atoms with Crippen LogP contribution in [0.15, 0.2) is 12.5 Å². The molecule has 1 aromatic rings. The molecule has 0 aromatic carbocycles. The maximum atomic E-state index is 8.66. The zero-order chi connectivity index (χ0) is 8.27. The van der Waals surface area contributed by atoms with Crippen molar-refractivity contribution < 1.29 is 5.11 Å². The second-order valence-corrected chi connectivity index (χ2v) is 3.10. The third-order valence-corrected chi connectivity index (χ3v) is 1.84. The van der Waals surface area contributed by atoms with Crippen molar-refractivity contribution in [3.05, 3.63) is 18.2 Å². The first-order valence-corrected chi connectivity index (χ1v) is 3.88. The lowest BCUT2D eigenvalue weighted by molar-refractivity contribution is 0.291. The van der Waals surface area contributed by atoms with Gasteiger partial charge >= 0.3 is 0 Å². The average Bonchev–Trinajstić information content (AvgIpc) is 2.37. The van der Waals surface area contributed by atoms with E-state index >= 15 is 0 Å². The van der Waals surface area contributed by atoms with Gasteiger partial charge in [0.25, 0.3) is 0 Å². The fourth-order valence-corrected chi connectivity index (χ4v) is 1.03. The highest BCUT2D eigenvalue weighted by molar-refractivity contribution is 6.20. The van der Waals surface area contributed by atoms with Gasteiger partial charge in [-0.2, -0.15) is 0 Å². The van der Waals surface area contributed by atoms with Crippen LogP contribution in [0.2, 0.25) is 0 Å². The molecule has 1 aromatic heterocycles. The molecule has 1 N–H and O–H groups in total. The van der Waals surface area contributed by atoms with E-state index in [1.807, 2.05) is 11.6 Å². The number of rotatable bonds is 3. The van der Waals surface area contributed by atoms with Gasteiger partial charge in [0.15, 0.2) is 0 Å². The topological polar surface area (TPSA) is 38.0 Å². The lowest BCUT2D eigenvalue weighted by atomic mass is 10.2. The predicted octanol–water partition coefficient (Wildman–Crippen LogP) is 0.562. The summed E-state index contributed by atoms with van der Waals surface area (Å²) in [6, 6.07) is 0. The van der Waals surface area contributed by atoms with Crippen LogP contribution >= 0.6 is 11.6 Å². The molecule has 3 nitrogen and oxygen atoms in total. The van der Waals surface area contributed by atoms with Crippen LogP contribution in [-0.4, -0.2) is 26.6 Å². The molecule has 0 aliphatic rings. The summed E-state index contributed by atoms with van der Waals surface area (Å²) in [5.74, 6) is 0. The molecule has 11 heavy (non-hydrogen) atoms. The Morgan fingerprint density at radius 3 is 3.00 bits per heavy atom. The van der Waals surface area contributed by atoms with Gasteiger partial charge in [0.05, 0.1) is 18.3 Å². The fourth-order valence-electron chi connectivity index (χ4n) is 0.873. The number of imidazole rings is 1. The van der Waals surface area contributed by atoms with Crippen LogP contribution in [0.3, 0.4) is 0 Å². The van der Waals surface area contributed by atoms with E-state index in [4.69, 9.17) is 16.7 Å². The summed E-state index contributed by atoms with van der Waals surface area (Å²) in [5.41, 5.74) is 1.04. The molecule has 0 unspecified atom stereocenters.